The Labute approximate surface area is 95.6 Å². The van der Waals surface area contributed by atoms with Gasteiger partial charge >= 0.3 is 0 Å². The first kappa shape index (κ1) is 11.3. The molecular weight excluding hydrogens is 204 g/mol. The zero-order chi connectivity index (χ0) is 11.4. The number of nitrogens with two attached hydrogens (primary N) is 1. The van der Waals surface area contributed by atoms with E-state index in [1.807, 2.05) is 11.9 Å². The molecule has 0 radical (unpaired) electrons. The van der Waals surface area contributed by atoms with E-state index in [1.165, 1.54) is 0 Å². The van der Waals surface area contributed by atoms with Crippen LogP contribution in [0, 0.1) is 0 Å². The van der Waals surface area contributed by atoms with Crippen LogP contribution in [-0.2, 0) is 11.3 Å². The van der Waals surface area contributed by atoms with Crippen LogP contribution >= 0.6 is 0 Å². The molecule has 0 bridgehead atoms. The van der Waals surface area contributed by atoms with Crippen molar-refractivity contribution in [2.45, 2.75) is 25.5 Å². The van der Waals surface area contributed by atoms with Crippen molar-refractivity contribution in [3.8, 4) is 0 Å². The van der Waals surface area contributed by atoms with Gasteiger partial charge in [-0.3, -0.25) is 0 Å². The van der Waals surface area contributed by atoms with Gasteiger partial charge in [-0.25, -0.2) is 9.97 Å². The van der Waals surface area contributed by atoms with E-state index in [-0.39, 0.29) is 0 Å². The molecule has 2 rings (SSSR count). The van der Waals surface area contributed by atoms with Gasteiger partial charge in [-0.2, -0.15) is 0 Å². The Kier molecular flexibility index (Phi) is 3.69. The van der Waals surface area contributed by atoms with Crippen LogP contribution in [0.15, 0.2) is 12.4 Å². The summed E-state index contributed by atoms with van der Waals surface area (Å²) >= 11 is 0. The predicted molar refractivity (Wildman–Crippen MR) is 62.2 cm³/mol. The molecule has 1 saturated heterocycles. The summed E-state index contributed by atoms with van der Waals surface area (Å²) in [5, 5.41) is 0. The number of rotatable bonds is 4. The van der Waals surface area contributed by atoms with Gasteiger partial charge in [-0.05, 0) is 12.8 Å². The summed E-state index contributed by atoms with van der Waals surface area (Å²) in [6.45, 7) is 2.21. The Morgan fingerprint density at radius 2 is 2.25 bits per heavy atom. The number of nitrogens with zero attached hydrogens (tertiary/aromatic N) is 3. The maximum atomic E-state index is 5.57. The first-order chi connectivity index (χ1) is 7.79. The highest BCUT2D eigenvalue weighted by Gasteiger charge is 2.18. The quantitative estimate of drug-likeness (QED) is 0.806. The van der Waals surface area contributed by atoms with E-state index >= 15 is 0 Å². The average molecular weight is 222 g/mol. The molecule has 1 fully saturated rings. The highest BCUT2D eigenvalue weighted by atomic mass is 16.5. The smallest absolute Gasteiger partial charge is 0.225 e. The van der Waals surface area contributed by atoms with Gasteiger partial charge in [0.05, 0.1) is 6.10 Å². The van der Waals surface area contributed by atoms with Crippen LogP contribution in [0.25, 0.3) is 0 Å². The van der Waals surface area contributed by atoms with Crippen molar-refractivity contribution in [1.29, 1.82) is 0 Å². The average Bonchev–Trinajstić information content (AvgIpc) is 2.82. The van der Waals surface area contributed by atoms with Crippen LogP contribution in [0.1, 0.15) is 18.4 Å². The standard InChI is InChI=1S/C11H18N4O/c1-15(8-10-3-2-4-16-10)11-13-6-9(5-12)7-14-11/h6-7,10H,2-5,8,12H2,1H3. The van der Waals surface area contributed by atoms with Gasteiger partial charge in [0, 0.05) is 44.7 Å². The summed E-state index contributed by atoms with van der Waals surface area (Å²) in [4.78, 5) is 10.6. The summed E-state index contributed by atoms with van der Waals surface area (Å²) in [5.74, 6) is 0.729. The summed E-state index contributed by atoms with van der Waals surface area (Å²) in [6, 6.07) is 0. The van der Waals surface area contributed by atoms with Gasteiger partial charge in [0.25, 0.3) is 0 Å². The minimum absolute atomic E-state index is 0.322. The summed E-state index contributed by atoms with van der Waals surface area (Å²) in [5.41, 5.74) is 6.45. The monoisotopic (exact) mass is 222 g/mol. The predicted octanol–water partition coefficient (Wildman–Crippen LogP) is 0.550. The molecule has 1 aliphatic heterocycles. The van der Waals surface area contributed by atoms with Crippen LogP contribution in [0.3, 0.4) is 0 Å². The number of anilines is 1. The van der Waals surface area contributed by atoms with Crippen molar-refractivity contribution >= 4 is 5.95 Å². The van der Waals surface area contributed by atoms with Gasteiger partial charge < -0.3 is 15.4 Å². The second-order valence-electron chi connectivity index (χ2n) is 4.11. The van der Waals surface area contributed by atoms with Crippen molar-refractivity contribution in [2.24, 2.45) is 5.73 Å². The van der Waals surface area contributed by atoms with Gasteiger partial charge in [-0.1, -0.05) is 0 Å². The lowest BCUT2D eigenvalue weighted by atomic mass is 10.2. The summed E-state index contributed by atoms with van der Waals surface area (Å²) in [6.07, 6.45) is 6.15. The third-order valence-corrected chi connectivity index (χ3v) is 2.77. The topological polar surface area (TPSA) is 64.3 Å². The molecule has 88 valence electrons. The van der Waals surface area contributed by atoms with Gasteiger partial charge in [0.1, 0.15) is 0 Å². The Hall–Kier alpha value is -1.20. The summed E-state index contributed by atoms with van der Waals surface area (Å²) in [7, 11) is 1.99. The molecule has 2 N–H and O–H groups in total. The Morgan fingerprint density at radius 1 is 1.50 bits per heavy atom. The van der Waals surface area contributed by atoms with Crippen molar-refractivity contribution in [3.63, 3.8) is 0 Å². The fraction of sp³-hybridized carbons (Fsp3) is 0.636. The second-order valence-corrected chi connectivity index (χ2v) is 4.11. The Morgan fingerprint density at radius 3 is 2.81 bits per heavy atom. The molecular formula is C11H18N4O. The molecule has 1 unspecified atom stereocenters. The first-order valence-corrected chi connectivity index (χ1v) is 5.63. The molecule has 1 aliphatic rings. The number of ether oxygens (including phenoxy) is 1. The van der Waals surface area contributed by atoms with Crippen LogP contribution in [0.2, 0.25) is 0 Å². The molecule has 0 aliphatic carbocycles. The minimum Gasteiger partial charge on any atom is -0.376 e. The second kappa shape index (κ2) is 5.23. The van der Waals surface area contributed by atoms with Crippen LogP contribution < -0.4 is 10.6 Å². The van der Waals surface area contributed by atoms with E-state index in [2.05, 4.69) is 9.97 Å². The Balaban J connectivity index is 1.94. The molecule has 1 atom stereocenters. The third-order valence-electron chi connectivity index (χ3n) is 2.77. The van der Waals surface area contributed by atoms with Crippen LogP contribution in [0.4, 0.5) is 5.95 Å². The SMILES string of the molecule is CN(CC1CCCO1)c1ncc(CN)cn1. The molecule has 0 spiro atoms. The number of aromatic nitrogens is 2. The zero-order valence-electron chi connectivity index (χ0n) is 9.59. The first-order valence-electron chi connectivity index (χ1n) is 5.63. The molecule has 0 aromatic carbocycles. The van der Waals surface area contributed by atoms with E-state index in [9.17, 15) is 0 Å². The molecule has 1 aromatic rings. The molecule has 2 heterocycles. The molecule has 5 nitrogen and oxygen atoms in total. The Bertz CT molecular complexity index is 321. The summed E-state index contributed by atoms with van der Waals surface area (Å²) < 4.78 is 5.57. The molecule has 5 heteroatoms. The lowest BCUT2D eigenvalue weighted by molar-refractivity contribution is 0.116. The highest BCUT2D eigenvalue weighted by Crippen LogP contribution is 2.14. The van der Waals surface area contributed by atoms with Crippen LogP contribution in [-0.4, -0.2) is 36.3 Å². The molecule has 1 aromatic heterocycles. The fourth-order valence-corrected chi connectivity index (χ4v) is 1.83. The molecule has 0 saturated carbocycles. The normalized spacial score (nSPS) is 20.0. The van der Waals surface area contributed by atoms with Crippen molar-refractivity contribution in [3.05, 3.63) is 18.0 Å². The van der Waals surface area contributed by atoms with Gasteiger partial charge in [0.15, 0.2) is 0 Å². The maximum Gasteiger partial charge on any atom is 0.225 e. The van der Waals surface area contributed by atoms with Crippen molar-refractivity contribution < 1.29 is 4.74 Å². The van der Waals surface area contributed by atoms with Crippen molar-refractivity contribution in [2.75, 3.05) is 25.1 Å². The van der Waals surface area contributed by atoms with Gasteiger partial charge in [0.2, 0.25) is 5.95 Å². The minimum atomic E-state index is 0.322. The largest absolute Gasteiger partial charge is 0.376 e. The van der Waals surface area contributed by atoms with Crippen LogP contribution in [0.5, 0.6) is 0 Å². The van der Waals surface area contributed by atoms with E-state index in [0.29, 0.717) is 12.6 Å². The fourth-order valence-electron chi connectivity index (χ4n) is 1.83. The van der Waals surface area contributed by atoms with E-state index in [1.54, 1.807) is 12.4 Å². The number of likely N-dealkylation sites (N-methyl/N-ethyl adjacent to an activating group) is 1. The lowest BCUT2D eigenvalue weighted by Gasteiger charge is -2.20. The van der Waals surface area contributed by atoms with E-state index in [0.717, 1.165) is 37.5 Å². The van der Waals surface area contributed by atoms with E-state index < -0.39 is 0 Å². The zero-order valence-corrected chi connectivity index (χ0v) is 9.59. The molecule has 16 heavy (non-hydrogen) atoms. The number of hydrogen-bond donors (Lipinski definition) is 1. The number of hydrogen-bond acceptors (Lipinski definition) is 5. The van der Waals surface area contributed by atoms with E-state index in [4.69, 9.17) is 10.5 Å². The maximum absolute atomic E-state index is 5.57. The molecule has 0 amide bonds. The highest BCUT2D eigenvalue weighted by molar-refractivity contribution is 5.28. The van der Waals surface area contributed by atoms with Gasteiger partial charge in [-0.15, -0.1) is 0 Å². The van der Waals surface area contributed by atoms with Crippen molar-refractivity contribution in [1.82, 2.24) is 9.97 Å². The lowest BCUT2D eigenvalue weighted by Crippen LogP contribution is -2.29. The third kappa shape index (κ3) is 2.68.